The van der Waals surface area contributed by atoms with Crippen molar-refractivity contribution in [2.45, 2.75) is 12.8 Å². The number of carbonyl (C=O) groups excluding carboxylic acids is 2. The molecule has 0 heterocycles. The number of halogens is 1. The SMILES string of the molecule is COc1ccc(CCC(=O)OCC(=O)Nc2ccccc2I)cc1O. The summed E-state index contributed by atoms with van der Waals surface area (Å²) < 4.78 is 10.8. The minimum Gasteiger partial charge on any atom is -0.504 e. The van der Waals surface area contributed by atoms with Crippen molar-refractivity contribution in [2.24, 2.45) is 0 Å². The monoisotopic (exact) mass is 455 g/mol. The molecule has 2 rings (SSSR count). The number of nitrogens with one attached hydrogen (secondary N) is 1. The maximum absolute atomic E-state index is 11.8. The van der Waals surface area contributed by atoms with Gasteiger partial charge in [0.1, 0.15) is 0 Å². The Bertz CT molecular complexity index is 763. The van der Waals surface area contributed by atoms with E-state index in [0.29, 0.717) is 17.9 Å². The predicted molar refractivity (Wildman–Crippen MR) is 102 cm³/mol. The lowest BCUT2D eigenvalue weighted by Crippen LogP contribution is -2.21. The van der Waals surface area contributed by atoms with E-state index in [1.165, 1.54) is 13.2 Å². The van der Waals surface area contributed by atoms with Crippen LogP contribution in [0.15, 0.2) is 42.5 Å². The van der Waals surface area contributed by atoms with Crippen LogP contribution in [0.1, 0.15) is 12.0 Å². The molecule has 0 fully saturated rings. The van der Waals surface area contributed by atoms with Gasteiger partial charge in [0.2, 0.25) is 0 Å². The minimum absolute atomic E-state index is 0.0187. The molecule has 2 N–H and O–H groups in total. The third-order valence-corrected chi connectivity index (χ3v) is 4.31. The summed E-state index contributed by atoms with van der Waals surface area (Å²) in [4.78, 5) is 23.6. The van der Waals surface area contributed by atoms with E-state index in [2.05, 4.69) is 27.9 Å². The van der Waals surface area contributed by atoms with Gasteiger partial charge < -0.3 is 19.9 Å². The van der Waals surface area contributed by atoms with E-state index in [0.717, 1.165) is 9.13 Å². The van der Waals surface area contributed by atoms with Crippen molar-refractivity contribution in [3.8, 4) is 11.5 Å². The summed E-state index contributed by atoms with van der Waals surface area (Å²) in [5, 5.41) is 12.4. The molecule has 0 unspecified atom stereocenters. The van der Waals surface area contributed by atoms with Gasteiger partial charge >= 0.3 is 5.97 Å². The number of rotatable bonds is 7. The summed E-state index contributed by atoms with van der Waals surface area (Å²) in [6.45, 7) is -0.336. The Morgan fingerprint density at radius 3 is 2.64 bits per heavy atom. The molecule has 6 nitrogen and oxygen atoms in total. The molecule has 0 saturated heterocycles. The highest BCUT2D eigenvalue weighted by Gasteiger charge is 2.10. The van der Waals surface area contributed by atoms with Crippen LogP contribution in [0.25, 0.3) is 0 Å². The molecule has 0 spiro atoms. The number of para-hydroxylation sites is 1. The van der Waals surface area contributed by atoms with Crippen LogP contribution in [0.5, 0.6) is 11.5 Å². The van der Waals surface area contributed by atoms with Crippen LogP contribution in [0.4, 0.5) is 5.69 Å². The molecule has 0 radical (unpaired) electrons. The van der Waals surface area contributed by atoms with Gasteiger partial charge in [-0.15, -0.1) is 0 Å². The molecule has 0 saturated carbocycles. The van der Waals surface area contributed by atoms with E-state index in [-0.39, 0.29) is 24.7 Å². The highest BCUT2D eigenvalue weighted by Crippen LogP contribution is 2.26. The van der Waals surface area contributed by atoms with Crippen molar-refractivity contribution < 1.29 is 24.2 Å². The molecule has 25 heavy (non-hydrogen) atoms. The van der Waals surface area contributed by atoms with Gasteiger partial charge in [-0.3, -0.25) is 9.59 Å². The van der Waals surface area contributed by atoms with Crippen LogP contribution in [0.3, 0.4) is 0 Å². The molecule has 2 aromatic carbocycles. The van der Waals surface area contributed by atoms with E-state index in [1.807, 2.05) is 18.2 Å². The van der Waals surface area contributed by atoms with E-state index < -0.39 is 5.97 Å². The summed E-state index contributed by atoms with van der Waals surface area (Å²) in [7, 11) is 1.47. The molecular weight excluding hydrogens is 437 g/mol. The lowest BCUT2D eigenvalue weighted by molar-refractivity contribution is -0.147. The highest BCUT2D eigenvalue weighted by atomic mass is 127. The van der Waals surface area contributed by atoms with Gasteiger partial charge in [0, 0.05) is 9.99 Å². The van der Waals surface area contributed by atoms with Gasteiger partial charge in [-0.05, 0) is 58.8 Å². The minimum atomic E-state index is -0.479. The number of methoxy groups -OCH3 is 1. The topological polar surface area (TPSA) is 84.9 Å². The average Bonchev–Trinajstić information content (AvgIpc) is 2.60. The van der Waals surface area contributed by atoms with E-state index in [9.17, 15) is 14.7 Å². The molecule has 0 aromatic heterocycles. The second kappa shape index (κ2) is 9.26. The molecule has 0 aliphatic heterocycles. The largest absolute Gasteiger partial charge is 0.504 e. The number of amides is 1. The van der Waals surface area contributed by atoms with E-state index >= 15 is 0 Å². The Kier molecular flexibility index (Phi) is 7.05. The zero-order valence-electron chi connectivity index (χ0n) is 13.6. The zero-order chi connectivity index (χ0) is 18.2. The number of esters is 1. The summed E-state index contributed by atoms with van der Waals surface area (Å²) in [5.74, 6) is -0.475. The predicted octanol–water partition coefficient (Wildman–Crippen LogP) is 3.12. The lowest BCUT2D eigenvalue weighted by atomic mass is 10.1. The lowest BCUT2D eigenvalue weighted by Gasteiger charge is -2.08. The number of aryl methyl sites for hydroxylation is 1. The number of aromatic hydroxyl groups is 1. The number of hydrogen-bond donors (Lipinski definition) is 2. The fourth-order valence-electron chi connectivity index (χ4n) is 2.10. The quantitative estimate of drug-likeness (QED) is 0.495. The number of phenolic OH excluding ortho intramolecular Hbond substituents is 1. The number of phenols is 1. The molecule has 1 amide bonds. The van der Waals surface area contributed by atoms with Crippen LogP contribution >= 0.6 is 22.6 Å². The molecule has 2 aromatic rings. The van der Waals surface area contributed by atoms with Crippen LogP contribution < -0.4 is 10.1 Å². The summed E-state index contributed by atoms with van der Waals surface area (Å²) in [5.41, 5.74) is 1.45. The van der Waals surface area contributed by atoms with Gasteiger partial charge in [0.15, 0.2) is 18.1 Å². The molecule has 0 bridgehead atoms. The number of hydrogen-bond acceptors (Lipinski definition) is 5. The Balaban J connectivity index is 1.76. The molecule has 0 atom stereocenters. The first-order valence-electron chi connectivity index (χ1n) is 7.55. The Morgan fingerprint density at radius 2 is 1.96 bits per heavy atom. The van der Waals surface area contributed by atoms with Gasteiger partial charge in [-0.1, -0.05) is 18.2 Å². The van der Waals surface area contributed by atoms with Crippen LogP contribution in [0, 0.1) is 3.57 Å². The van der Waals surface area contributed by atoms with Crippen LogP contribution in [-0.2, 0) is 20.7 Å². The second-order valence-corrected chi connectivity index (χ2v) is 6.36. The maximum atomic E-state index is 11.8. The first-order chi connectivity index (χ1) is 12.0. The van der Waals surface area contributed by atoms with Crippen LogP contribution in [0.2, 0.25) is 0 Å². The van der Waals surface area contributed by atoms with Gasteiger partial charge in [-0.2, -0.15) is 0 Å². The van der Waals surface area contributed by atoms with Crippen molar-refractivity contribution in [3.63, 3.8) is 0 Å². The van der Waals surface area contributed by atoms with E-state index in [1.54, 1.807) is 18.2 Å². The number of anilines is 1. The van der Waals surface area contributed by atoms with Crippen molar-refractivity contribution in [1.82, 2.24) is 0 Å². The zero-order valence-corrected chi connectivity index (χ0v) is 15.8. The average molecular weight is 455 g/mol. The maximum Gasteiger partial charge on any atom is 0.306 e. The fraction of sp³-hybridized carbons (Fsp3) is 0.222. The van der Waals surface area contributed by atoms with Crippen LogP contribution in [-0.4, -0.2) is 30.7 Å². The summed E-state index contributed by atoms with van der Waals surface area (Å²) in [6, 6.07) is 12.3. The molecule has 0 aliphatic carbocycles. The van der Waals surface area contributed by atoms with Crippen molar-refractivity contribution in [3.05, 3.63) is 51.6 Å². The Hall–Kier alpha value is -2.29. The first-order valence-corrected chi connectivity index (χ1v) is 8.63. The Morgan fingerprint density at radius 1 is 1.20 bits per heavy atom. The number of ether oxygens (including phenoxy) is 2. The van der Waals surface area contributed by atoms with Crippen molar-refractivity contribution >= 4 is 40.2 Å². The third-order valence-electron chi connectivity index (χ3n) is 3.37. The summed E-state index contributed by atoms with van der Waals surface area (Å²) in [6.07, 6.45) is 0.510. The number of carbonyl (C=O) groups is 2. The van der Waals surface area contributed by atoms with Gasteiger partial charge in [0.25, 0.3) is 5.91 Å². The van der Waals surface area contributed by atoms with Gasteiger partial charge in [0.05, 0.1) is 12.8 Å². The normalized spacial score (nSPS) is 10.2. The second-order valence-electron chi connectivity index (χ2n) is 5.19. The molecule has 0 aliphatic rings. The summed E-state index contributed by atoms with van der Waals surface area (Å²) >= 11 is 2.11. The first kappa shape index (κ1) is 19.0. The molecule has 7 heteroatoms. The van der Waals surface area contributed by atoms with Crippen molar-refractivity contribution in [1.29, 1.82) is 0 Å². The van der Waals surface area contributed by atoms with Gasteiger partial charge in [-0.25, -0.2) is 0 Å². The van der Waals surface area contributed by atoms with E-state index in [4.69, 9.17) is 9.47 Å². The number of benzene rings is 2. The smallest absolute Gasteiger partial charge is 0.306 e. The third kappa shape index (κ3) is 5.93. The molecule has 132 valence electrons. The molecular formula is C18H18INO5. The van der Waals surface area contributed by atoms with Crippen molar-refractivity contribution in [2.75, 3.05) is 19.0 Å². The standard InChI is InChI=1S/C18H18INO5/c1-24-16-8-6-12(10-15(16)21)7-9-18(23)25-11-17(22)20-14-5-3-2-4-13(14)19/h2-6,8,10,21H,7,9,11H2,1H3,(H,20,22). The Labute approximate surface area is 159 Å². The highest BCUT2D eigenvalue weighted by molar-refractivity contribution is 14.1. The fourth-order valence-corrected chi connectivity index (χ4v) is 2.63.